The highest BCUT2D eigenvalue weighted by molar-refractivity contribution is 7.90. The lowest BCUT2D eigenvalue weighted by molar-refractivity contribution is -0.137. The predicted octanol–water partition coefficient (Wildman–Crippen LogP) is 6.47. The lowest BCUT2D eigenvalue weighted by Crippen LogP contribution is -2.30. The summed E-state index contributed by atoms with van der Waals surface area (Å²) in [4.78, 5) is 1.62. The van der Waals surface area contributed by atoms with E-state index in [1.807, 2.05) is 42.2 Å². The molecule has 39 heavy (non-hydrogen) atoms. The Morgan fingerprint density at radius 2 is 1.77 bits per heavy atom. The first-order valence-corrected chi connectivity index (χ1v) is 14.5. The zero-order chi connectivity index (χ0) is 28.8. The minimum Gasteiger partial charge on any atom is -0.493 e. The van der Waals surface area contributed by atoms with Crippen LogP contribution in [0.2, 0.25) is 5.02 Å². The van der Waals surface area contributed by atoms with Crippen molar-refractivity contribution in [3.05, 3.63) is 93.8 Å². The van der Waals surface area contributed by atoms with Gasteiger partial charge in [-0.25, -0.2) is 12.8 Å². The molecule has 0 bridgehead atoms. The predicted molar refractivity (Wildman–Crippen MR) is 142 cm³/mol. The van der Waals surface area contributed by atoms with Crippen molar-refractivity contribution in [2.75, 3.05) is 26.0 Å². The van der Waals surface area contributed by atoms with Crippen LogP contribution in [0.5, 0.6) is 5.75 Å². The van der Waals surface area contributed by atoms with Crippen LogP contribution in [0.4, 0.5) is 17.6 Å². The summed E-state index contributed by atoms with van der Waals surface area (Å²) in [6.07, 6.45) is -3.25. The van der Waals surface area contributed by atoms with Gasteiger partial charge in [-0.15, -0.1) is 0 Å². The molecule has 0 spiro atoms. The van der Waals surface area contributed by atoms with Gasteiger partial charge in [-0.3, -0.25) is 4.90 Å². The normalized spacial score (nSPS) is 13.1. The summed E-state index contributed by atoms with van der Waals surface area (Å²) >= 11 is 6.15. The van der Waals surface area contributed by atoms with Gasteiger partial charge in [-0.05, 0) is 35.6 Å². The topological polar surface area (TPSA) is 66.8 Å². The number of rotatable bonds is 12. The van der Waals surface area contributed by atoms with Gasteiger partial charge in [-0.2, -0.15) is 13.2 Å². The number of aliphatic hydroxyl groups is 1. The van der Waals surface area contributed by atoms with Crippen LogP contribution in [0, 0.1) is 5.82 Å². The molecule has 5 nitrogen and oxygen atoms in total. The Bertz CT molecular complexity index is 1370. The maximum absolute atomic E-state index is 14.4. The Morgan fingerprint density at radius 3 is 2.38 bits per heavy atom. The van der Waals surface area contributed by atoms with E-state index in [1.165, 1.54) is 12.1 Å². The number of hydrogen-bond donors (Lipinski definition) is 1. The fourth-order valence-corrected chi connectivity index (χ4v) is 5.54. The number of hydrogen-bond acceptors (Lipinski definition) is 5. The minimum absolute atomic E-state index is 0.00440. The molecule has 0 aliphatic heterocycles. The van der Waals surface area contributed by atoms with E-state index in [-0.39, 0.29) is 40.3 Å². The molecule has 3 aromatic rings. The Morgan fingerprint density at radius 1 is 1.08 bits per heavy atom. The van der Waals surface area contributed by atoms with Crippen LogP contribution in [0.3, 0.4) is 0 Å². The number of alkyl halides is 3. The lowest BCUT2D eigenvalue weighted by Gasteiger charge is -2.27. The molecule has 3 aromatic carbocycles. The molecule has 0 aromatic heterocycles. The molecule has 0 saturated heterocycles. The molecular weight excluding hydrogens is 558 g/mol. The molecule has 0 amide bonds. The van der Waals surface area contributed by atoms with E-state index in [0.29, 0.717) is 25.1 Å². The summed E-state index contributed by atoms with van der Waals surface area (Å²) in [5, 5.41) is 9.02. The molecule has 1 unspecified atom stereocenters. The average Bonchev–Trinajstić information content (AvgIpc) is 2.86. The second kappa shape index (κ2) is 13.1. The number of halogens is 5. The van der Waals surface area contributed by atoms with E-state index in [2.05, 4.69) is 0 Å². The highest BCUT2D eigenvalue weighted by Crippen LogP contribution is 2.36. The molecule has 0 saturated carbocycles. The smallest absolute Gasteiger partial charge is 0.417 e. The monoisotopic (exact) mass is 587 g/mol. The van der Waals surface area contributed by atoms with Crippen LogP contribution in [0.25, 0.3) is 0 Å². The quantitative estimate of drug-likeness (QED) is 0.194. The van der Waals surface area contributed by atoms with Gasteiger partial charge in [0.2, 0.25) is 0 Å². The molecule has 11 heteroatoms. The molecule has 0 aliphatic rings. The van der Waals surface area contributed by atoms with Gasteiger partial charge < -0.3 is 9.84 Å². The second-order valence-corrected chi connectivity index (χ2v) is 11.7. The number of sulfone groups is 1. The summed E-state index contributed by atoms with van der Waals surface area (Å²) < 4.78 is 84.2. The van der Waals surface area contributed by atoms with Crippen molar-refractivity contribution < 1.29 is 35.8 Å². The van der Waals surface area contributed by atoms with Gasteiger partial charge in [0.05, 0.1) is 28.7 Å². The lowest BCUT2D eigenvalue weighted by atomic mass is 10.00. The Balaban J connectivity index is 1.75. The van der Waals surface area contributed by atoms with Gasteiger partial charge >= 0.3 is 6.18 Å². The molecule has 1 atom stereocenters. The van der Waals surface area contributed by atoms with E-state index in [0.717, 1.165) is 24.0 Å². The molecule has 212 valence electrons. The molecule has 1 N–H and O–H groups in total. The van der Waals surface area contributed by atoms with Crippen LogP contribution in [-0.4, -0.2) is 44.4 Å². The van der Waals surface area contributed by atoms with Crippen molar-refractivity contribution in [3.63, 3.8) is 0 Å². The number of benzene rings is 3. The van der Waals surface area contributed by atoms with Crippen molar-refractivity contribution >= 4 is 21.4 Å². The fraction of sp³-hybridized carbons (Fsp3) is 0.357. The van der Waals surface area contributed by atoms with Crippen LogP contribution < -0.4 is 4.74 Å². The number of ether oxygens (including phenoxy) is 1. The van der Waals surface area contributed by atoms with E-state index in [1.54, 1.807) is 6.07 Å². The zero-order valence-corrected chi connectivity index (χ0v) is 23.1. The Hall–Kier alpha value is -2.66. The highest BCUT2D eigenvalue weighted by atomic mass is 35.5. The van der Waals surface area contributed by atoms with Crippen molar-refractivity contribution in [1.82, 2.24) is 4.90 Å². The number of nitrogens with zero attached hydrogens (tertiary/aromatic N) is 1. The molecule has 0 fully saturated rings. The highest BCUT2D eigenvalue weighted by Gasteiger charge is 2.34. The molecule has 0 radical (unpaired) electrons. The minimum atomic E-state index is -4.57. The summed E-state index contributed by atoms with van der Waals surface area (Å²) in [5.74, 6) is -0.836. The van der Waals surface area contributed by atoms with E-state index >= 15 is 0 Å². The van der Waals surface area contributed by atoms with Crippen LogP contribution in [0.1, 0.15) is 41.5 Å². The maximum atomic E-state index is 14.4. The van der Waals surface area contributed by atoms with Gasteiger partial charge in [0.15, 0.2) is 9.84 Å². The van der Waals surface area contributed by atoms with Gasteiger partial charge in [-0.1, -0.05) is 61.0 Å². The average molecular weight is 588 g/mol. The summed E-state index contributed by atoms with van der Waals surface area (Å²) in [7, 11) is -3.81. The first-order valence-electron chi connectivity index (χ1n) is 12.2. The standard InChI is InChI=1S/C28H30ClF4NO4S/c1-19(20-8-4-3-5-9-20)16-34(17-21-10-6-11-24(27(21)29)28(31,32)33)12-7-13-38-22-14-25(30)23(18-35)26(15-22)39(2,36)37/h3-6,8-11,14-15,19,35H,7,12-13,16-18H2,1-2H3. The van der Waals surface area contributed by atoms with Crippen molar-refractivity contribution in [1.29, 1.82) is 0 Å². The van der Waals surface area contributed by atoms with E-state index < -0.39 is 34.0 Å². The van der Waals surface area contributed by atoms with Crippen LogP contribution >= 0.6 is 11.6 Å². The third kappa shape index (κ3) is 8.41. The van der Waals surface area contributed by atoms with Gasteiger partial charge in [0.25, 0.3) is 0 Å². The third-order valence-electron chi connectivity index (χ3n) is 6.25. The molecule has 3 rings (SSSR count). The summed E-state index contributed by atoms with van der Waals surface area (Å²) in [6, 6.07) is 15.7. The molecule has 0 heterocycles. The maximum Gasteiger partial charge on any atom is 0.417 e. The van der Waals surface area contributed by atoms with Crippen LogP contribution in [0.15, 0.2) is 65.6 Å². The van der Waals surface area contributed by atoms with Gasteiger partial charge in [0, 0.05) is 37.5 Å². The first kappa shape index (κ1) is 30.9. The fourth-order valence-electron chi connectivity index (χ4n) is 4.30. The van der Waals surface area contributed by atoms with Crippen LogP contribution in [-0.2, 0) is 29.2 Å². The molecular formula is C28H30ClF4NO4S. The number of aliphatic hydroxyl groups excluding tert-OH is 1. The van der Waals surface area contributed by atoms with E-state index in [9.17, 15) is 31.1 Å². The SMILES string of the molecule is CC(CN(CCCOc1cc(F)c(CO)c(S(C)(=O)=O)c1)Cc1cccc(C(F)(F)F)c1Cl)c1ccccc1. The summed E-state index contributed by atoms with van der Waals surface area (Å²) in [5.41, 5.74) is 0.189. The summed E-state index contributed by atoms with van der Waals surface area (Å²) in [6.45, 7) is 2.44. The van der Waals surface area contributed by atoms with E-state index in [4.69, 9.17) is 16.3 Å². The largest absolute Gasteiger partial charge is 0.493 e. The second-order valence-electron chi connectivity index (χ2n) is 9.34. The molecule has 0 aliphatic carbocycles. The van der Waals surface area contributed by atoms with Crippen molar-refractivity contribution in [2.45, 2.75) is 43.5 Å². The Labute approximate surface area is 230 Å². The zero-order valence-electron chi connectivity index (χ0n) is 21.5. The Kier molecular flexibility index (Phi) is 10.4. The first-order chi connectivity index (χ1) is 18.3. The third-order valence-corrected chi connectivity index (χ3v) is 7.86. The van der Waals surface area contributed by atoms with Crippen molar-refractivity contribution in [2.24, 2.45) is 0 Å². The van der Waals surface area contributed by atoms with Crippen molar-refractivity contribution in [3.8, 4) is 5.75 Å². The van der Waals surface area contributed by atoms with Gasteiger partial charge in [0.1, 0.15) is 11.6 Å².